The predicted molar refractivity (Wildman–Crippen MR) is 89.4 cm³/mol. The van der Waals surface area contributed by atoms with Gasteiger partial charge >= 0.3 is 0 Å². The first kappa shape index (κ1) is 16.3. The molecule has 0 aromatic carbocycles. The van der Waals surface area contributed by atoms with Crippen LogP contribution in [0.5, 0.6) is 5.88 Å². The van der Waals surface area contributed by atoms with Gasteiger partial charge in [-0.25, -0.2) is 4.68 Å². The summed E-state index contributed by atoms with van der Waals surface area (Å²) < 4.78 is 12.9. The first-order valence-corrected chi connectivity index (χ1v) is 8.89. The summed E-state index contributed by atoms with van der Waals surface area (Å²) in [6, 6.07) is 1.93. The molecule has 23 heavy (non-hydrogen) atoms. The third kappa shape index (κ3) is 3.86. The summed E-state index contributed by atoms with van der Waals surface area (Å²) in [5, 5.41) is 4.61. The van der Waals surface area contributed by atoms with Crippen molar-refractivity contribution in [3.05, 3.63) is 16.4 Å². The average molecular weight is 321 g/mol. The van der Waals surface area contributed by atoms with Crippen LogP contribution in [0.25, 0.3) is 0 Å². The highest BCUT2D eigenvalue weighted by molar-refractivity contribution is 5.54. The smallest absolute Gasteiger partial charge is 0.269 e. The van der Waals surface area contributed by atoms with E-state index in [-0.39, 0.29) is 11.6 Å². The molecule has 0 radical (unpaired) electrons. The fourth-order valence-electron chi connectivity index (χ4n) is 3.36. The van der Waals surface area contributed by atoms with Crippen LogP contribution in [0.15, 0.2) is 10.9 Å². The van der Waals surface area contributed by atoms with Gasteiger partial charge in [0.2, 0.25) is 0 Å². The van der Waals surface area contributed by atoms with E-state index < -0.39 is 0 Å². The highest BCUT2D eigenvalue weighted by Gasteiger charge is 2.23. The number of aromatic nitrogens is 2. The third-order valence-corrected chi connectivity index (χ3v) is 4.62. The van der Waals surface area contributed by atoms with Crippen molar-refractivity contribution in [1.82, 2.24) is 9.78 Å². The van der Waals surface area contributed by atoms with Crippen molar-refractivity contribution < 1.29 is 9.47 Å². The van der Waals surface area contributed by atoms with Crippen molar-refractivity contribution in [1.29, 1.82) is 0 Å². The topological polar surface area (TPSA) is 56.6 Å². The van der Waals surface area contributed by atoms with Crippen molar-refractivity contribution >= 4 is 5.69 Å². The van der Waals surface area contributed by atoms with Crippen LogP contribution in [-0.4, -0.2) is 42.7 Å². The first-order chi connectivity index (χ1) is 11.3. The second kappa shape index (κ2) is 7.81. The molecule has 1 aliphatic heterocycles. The minimum Gasteiger partial charge on any atom is -0.475 e. The summed E-state index contributed by atoms with van der Waals surface area (Å²) in [5.74, 6) is 0.596. The van der Waals surface area contributed by atoms with E-state index in [1.807, 2.05) is 0 Å². The Morgan fingerprint density at radius 1 is 1.26 bits per heavy atom. The zero-order chi connectivity index (χ0) is 16.1. The number of morpholine rings is 1. The molecule has 1 saturated carbocycles. The van der Waals surface area contributed by atoms with E-state index in [4.69, 9.17) is 9.47 Å². The van der Waals surface area contributed by atoms with Crippen LogP contribution >= 0.6 is 0 Å². The molecule has 1 aromatic heterocycles. The average Bonchev–Trinajstić information content (AvgIpc) is 2.62. The number of hydrogen-bond acceptors (Lipinski definition) is 5. The molecule has 0 bridgehead atoms. The van der Waals surface area contributed by atoms with Gasteiger partial charge < -0.3 is 14.4 Å². The van der Waals surface area contributed by atoms with Gasteiger partial charge in [-0.05, 0) is 19.3 Å². The molecule has 1 saturated heterocycles. The molecule has 0 atom stereocenters. The van der Waals surface area contributed by atoms with Gasteiger partial charge in [-0.3, -0.25) is 4.79 Å². The Labute approximate surface area is 137 Å². The van der Waals surface area contributed by atoms with E-state index in [9.17, 15) is 4.79 Å². The molecule has 1 aromatic rings. The molecule has 3 rings (SSSR count). The second-order valence-electron chi connectivity index (χ2n) is 6.36. The van der Waals surface area contributed by atoms with Crippen LogP contribution in [0, 0.1) is 0 Å². The highest BCUT2D eigenvalue weighted by atomic mass is 16.5. The minimum absolute atomic E-state index is 0.0118. The maximum Gasteiger partial charge on any atom is 0.269 e. The maximum atomic E-state index is 12.6. The van der Waals surface area contributed by atoms with Crippen LogP contribution in [0.3, 0.4) is 0 Å². The molecule has 2 heterocycles. The van der Waals surface area contributed by atoms with E-state index in [1.165, 1.54) is 19.3 Å². The van der Waals surface area contributed by atoms with Gasteiger partial charge in [0.05, 0.1) is 25.9 Å². The van der Waals surface area contributed by atoms with Crippen molar-refractivity contribution in [2.24, 2.45) is 0 Å². The normalized spacial score (nSPS) is 19.8. The zero-order valence-corrected chi connectivity index (χ0v) is 14.0. The number of nitrogens with zero attached hydrogens (tertiary/aromatic N) is 3. The number of anilines is 1. The van der Waals surface area contributed by atoms with E-state index in [0.717, 1.165) is 38.0 Å². The molecule has 0 amide bonds. The minimum atomic E-state index is -0.0118. The summed E-state index contributed by atoms with van der Waals surface area (Å²) in [5.41, 5.74) is 0.807. The Kier molecular flexibility index (Phi) is 5.54. The Hall–Kier alpha value is -1.56. The molecular weight excluding hydrogens is 294 g/mol. The predicted octanol–water partition coefficient (Wildman–Crippen LogP) is 2.37. The second-order valence-corrected chi connectivity index (χ2v) is 6.36. The lowest BCUT2D eigenvalue weighted by Crippen LogP contribution is -2.38. The van der Waals surface area contributed by atoms with Crippen LogP contribution in [0.2, 0.25) is 0 Å². The van der Waals surface area contributed by atoms with Gasteiger partial charge in [0, 0.05) is 19.2 Å². The molecule has 2 aliphatic rings. The molecule has 1 aliphatic carbocycles. The van der Waals surface area contributed by atoms with Crippen LogP contribution < -0.4 is 15.2 Å². The monoisotopic (exact) mass is 321 g/mol. The number of rotatable bonds is 5. The van der Waals surface area contributed by atoms with Gasteiger partial charge in [0.25, 0.3) is 11.4 Å². The van der Waals surface area contributed by atoms with Crippen LogP contribution in [0.1, 0.15) is 51.5 Å². The quantitative estimate of drug-likeness (QED) is 0.833. The van der Waals surface area contributed by atoms with Gasteiger partial charge in [-0.15, -0.1) is 5.10 Å². The fourth-order valence-corrected chi connectivity index (χ4v) is 3.36. The third-order valence-electron chi connectivity index (χ3n) is 4.62. The van der Waals surface area contributed by atoms with E-state index in [0.29, 0.717) is 25.7 Å². The maximum absolute atomic E-state index is 12.6. The van der Waals surface area contributed by atoms with Gasteiger partial charge in [0.15, 0.2) is 0 Å². The summed E-state index contributed by atoms with van der Waals surface area (Å²) >= 11 is 0. The first-order valence-electron chi connectivity index (χ1n) is 8.89. The molecule has 6 nitrogen and oxygen atoms in total. The van der Waals surface area contributed by atoms with Gasteiger partial charge in [0.1, 0.15) is 5.69 Å². The standard InChI is InChI=1S/C17H27N3O3/c1-2-10-23-17-15(19-8-11-22-12-9-19)13-16(21)20(18-17)14-6-4-3-5-7-14/h13-14H,2-12H2,1H3. The SMILES string of the molecule is CCCOc1nn(C2CCCCC2)c(=O)cc1N1CCOCC1. The van der Waals surface area contributed by atoms with Crippen molar-refractivity contribution in [3.8, 4) is 5.88 Å². The van der Waals surface area contributed by atoms with Gasteiger partial charge in [-0.2, -0.15) is 0 Å². The Morgan fingerprint density at radius 2 is 2.00 bits per heavy atom. The lowest BCUT2D eigenvalue weighted by molar-refractivity contribution is 0.122. The Bertz CT molecular complexity index is 561. The zero-order valence-electron chi connectivity index (χ0n) is 14.0. The lowest BCUT2D eigenvalue weighted by atomic mass is 9.96. The Morgan fingerprint density at radius 3 is 2.70 bits per heavy atom. The number of ether oxygens (including phenoxy) is 2. The Balaban J connectivity index is 1.91. The van der Waals surface area contributed by atoms with E-state index in [2.05, 4.69) is 16.9 Å². The van der Waals surface area contributed by atoms with Crippen LogP contribution in [0.4, 0.5) is 5.69 Å². The van der Waals surface area contributed by atoms with Crippen molar-refractivity contribution in [3.63, 3.8) is 0 Å². The molecule has 128 valence electrons. The van der Waals surface area contributed by atoms with Crippen molar-refractivity contribution in [2.45, 2.75) is 51.5 Å². The summed E-state index contributed by atoms with van der Waals surface area (Å²) in [6.07, 6.45) is 6.61. The van der Waals surface area contributed by atoms with E-state index >= 15 is 0 Å². The summed E-state index contributed by atoms with van der Waals surface area (Å²) in [7, 11) is 0. The summed E-state index contributed by atoms with van der Waals surface area (Å²) in [6.45, 7) is 5.60. The van der Waals surface area contributed by atoms with Crippen molar-refractivity contribution in [2.75, 3.05) is 37.8 Å². The van der Waals surface area contributed by atoms with Gasteiger partial charge in [-0.1, -0.05) is 26.2 Å². The highest BCUT2D eigenvalue weighted by Crippen LogP contribution is 2.30. The largest absolute Gasteiger partial charge is 0.475 e. The fraction of sp³-hybridized carbons (Fsp3) is 0.765. The van der Waals surface area contributed by atoms with E-state index in [1.54, 1.807) is 10.7 Å². The molecule has 0 unspecified atom stereocenters. The molecular formula is C17H27N3O3. The molecule has 0 N–H and O–H groups in total. The number of hydrogen-bond donors (Lipinski definition) is 0. The lowest BCUT2D eigenvalue weighted by Gasteiger charge is -2.30. The molecule has 6 heteroatoms. The van der Waals surface area contributed by atoms with Crippen LogP contribution in [-0.2, 0) is 4.74 Å². The summed E-state index contributed by atoms with van der Waals surface area (Å²) in [4.78, 5) is 14.7. The molecule has 2 fully saturated rings. The molecule has 0 spiro atoms.